The number of ether oxygens (including phenoxy) is 2. The van der Waals surface area contributed by atoms with Crippen LogP contribution in [0.3, 0.4) is 0 Å². The second-order valence-electron chi connectivity index (χ2n) is 3.24. The molecule has 0 fully saturated rings. The highest BCUT2D eigenvalue weighted by Gasteiger charge is 2.10. The Morgan fingerprint density at radius 1 is 1.29 bits per heavy atom. The lowest BCUT2D eigenvalue weighted by atomic mass is 10.2. The molecule has 1 aromatic carbocycles. The molecule has 5 heteroatoms. The minimum absolute atomic E-state index is 0.454. The number of methoxy groups -OCH3 is 2. The number of hydrogen-bond acceptors (Lipinski definition) is 5. The van der Waals surface area contributed by atoms with Gasteiger partial charge in [-0.05, 0) is 12.3 Å². The van der Waals surface area contributed by atoms with Crippen LogP contribution >= 0.6 is 11.8 Å². The second-order valence-corrected chi connectivity index (χ2v) is 4.09. The Hall–Kier alpha value is -1.54. The third-order valence-corrected chi connectivity index (χ3v) is 3.02. The molecule has 0 bridgehead atoms. The summed E-state index contributed by atoms with van der Waals surface area (Å²) in [4.78, 5) is 1.02. The van der Waals surface area contributed by atoms with Crippen LogP contribution in [0, 0.1) is 11.3 Å². The van der Waals surface area contributed by atoms with Gasteiger partial charge in [0.2, 0.25) is 0 Å². The van der Waals surface area contributed by atoms with Crippen molar-refractivity contribution in [2.75, 3.05) is 32.3 Å². The van der Waals surface area contributed by atoms with E-state index in [9.17, 15) is 0 Å². The molecule has 0 aliphatic rings. The average Bonchev–Trinajstić information content (AvgIpc) is 2.38. The van der Waals surface area contributed by atoms with E-state index in [0.29, 0.717) is 13.0 Å². The Kier molecular flexibility index (Phi) is 5.50. The maximum atomic E-state index is 8.50. The fourth-order valence-corrected chi connectivity index (χ4v) is 1.99. The quantitative estimate of drug-likeness (QED) is 0.623. The second kappa shape index (κ2) is 6.92. The summed E-state index contributed by atoms with van der Waals surface area (Å²) in [6.07, 6.45) is 2.44. The van der Waals surface area contributed by atoms with Crippen molar-refractivity contribution in [1.82, 2.24) is 0 Å². The van der Waals surface area contributed by atoms with Crippen molar-refractivity contribution in [3.8, 4) is 17.6 Å². The Labute approximate surface area is 106 Å². The van der Waals surface area contributed by atoms with Gasteiger partial charge in [-0.25, -0.2) is 0 Å². The maximum Gasteiger partial charge on any atom is 0.143 e. The van der Waals surface area contributed by atoms with E-state index in [-0.39, 0.29) is 0 Å². The van der Waals surface area contributed by atoms with Gasteiger partial charge in [0.1, 0.15) is 11.5 Å². The number of nitrogens with zero attached hydrogens (tertiary/aromatic N) is 1. The molecule has 1 N–H and O–H groups in total. The minimum atomic E-state index is 0.454. The summed E-state index contributed by atoms with van der Waals surface area (Å²) in [6.45, 7) is 0.592. The van der Waals surface area contributed by atoms with Gasteiger partial charge in [-0.3, -0.25) is 0 Å². The van der Waals surface area contributed by atoms with Gasteiger partial charge in [0, 0.05) is 12.6 Å². The number of nitrogens with one attached hydrogen (secondary N) is 1. The Morgan fingerprint density at radius 2 is 2.00 bits per heavy atom. The molecule has 92 valence electrons. The lowest BCUT2D eigenvalue weighted by Gasteiger charge is -2.14. The van der Waals surface area contributed by atoms with E-state index in [1.54, 1.807) is 26.0 Å². The van der Waals surface area contributed by atoms with E-state index in [0.717, 1.165) is 22.1 Å². The molecule has 0 aliphatic carbocycles. The van der Waals surface area contributed by atoms with E-state index >= 15 is 0 Å². The molecule has 0 saturated carbocycles. The van der Waals surface area contributed by atoms with Gasteiger partial charge >= 0.3 is 0 Å². The van der Waals surface area contributed by atoms with Crippen LogP contribution in [0.4, 0.5) is 5.69 Å². The molecular weight excluding hydrogens is 236 g/mol. The van der Waals surface area contributed by atoms with Crippen LogP contribution in [-0.4, -0.2) is 27.0 Å². The molecule has 0 amide bonds. The first kappa shape index (κ1) is 13.5. The summed E-state index contributed by atoms with van der Waals surface area (Å²) < 4.78 is 10.6. The van der Waals surface area contributed by atoms with Crippen LogP contribution in [-0.2, 0) is 0 Å². The van der Waals surface area contributed by atoms with E-state index in [1.165, 1.54) is 0 Å². The van der Waals surface area contributed by atoms with E-state index in [4.69, 9.17) is 14.7 Å². The molecular formula is C12H16N2O2S. The molecule has 0 saturated heterocycles. The van der Waals surface area contributed by atoms with Gasteiger partial charge in [-0.15, -0.1) is 11.8 Å². The van der Waals surface area contributed by atoms with Crippen LogP contribution in [0.15, 0.2) is 17.0 Å². The maximum absolute atomic E-state index is 8.50. The van der Waals surface area contributed by atoms with Gasteiger partial charge in [-0.2, -0.15) is 5.26 Å². The molecule has 0 unspecified atom stereocenters. The Morgan fingerprint density at radius 3 is 2.53 bits per heavy atom. The first-order valence-electron chi connectivity index (χ1n) is 5.17. The van der Waals surface area contributed by atoms with E-state index < -0.39 is 0 Å². The zero-order chi connectivity index (χ0) is 12.7. The SMILES string of the molecule is COc1cc(SC)c(OC)cc1NCCC#N. The van der Waals surface area contributed by atoms with Crippen molar-refractivity contribution in [2.45, 2.75) is 11.3 Å². The first-order valence-corrected chi connectivity index (χ1v) is 6.40. The summed E-state index contributed by atoms with van der Waals surface area (Å²) in [6, 6.07) is 5.91. The molecule has 0 atom stereocenters. The fourth-order valence-electron chi connectivity index (χ4n) is 1.42. The summed E-state index contributed by atoms with van der Waals surface area (Å²) in [5.74, 6) is 1.56. The standard InChI is InChI=1S/C12H16N2O2S/c1-15-10-8-12(17-3)11(16-2)7-9(10)14-6-4-5-13/h7-8,14H,4,6H2,1-3H3. The summed E-state index contributed by atoms with van der Waals surface area (Å²) in [7, 11) is 3.27. The molecule has 0 radical (unpaired) electrons. The highest BCUT2D eigenvalue weighted by molar-refractivity contribution is 7.98. The van der Waals surface area contributed by atoms with Gasteiger partial charge in [0.15, 0.2) is 0 Å². The summed E-state index contributed by atoms with van der Waals surface area (Å²) in [5.41, 5.74) is 0.845. The molecule has 0 aliphatic heterocycles. The van der Waals surface area contributed by atoms with Gasteiger partial charge < -0.3 is 14.8 Å². The average molecular weight is 252 g/mol. The number of thioether (sulfide) groups is 1. The van der Waals surface area contributed by atoms with Crippen molar-refractivity contribution in [2.24, 2.45) is 0 Å². The third-order valence-electron chi connectivity index (χ3n) is 2.26. The molecule has 1 aromatic rings. The van der Waals surface area contributed by atoms with Crippen molar-refractivity contribution in [1.29, 1.82) is 5.26 Å². The fraction of sp³-hybridized carbons (Fsp3) is 0.417. The molecule has 0 spiro atoms. The number of benzene rings is 1. The summed E-state index contributed by atoms with van der Waals surface area (Å²) >= 11 is 1.60. The number of anilines is 1. The van der Waals surface area contributed by atoms with Crippen molar-refractivity contribution in [3.05, 3.63) is 12.1 Å². The normalized spacial score (nSPS) is 9.53. The number of nitriles is 1. The predicted molar refractivity (Wildman–Crippen MR) is 70.0 cm³/mol. The lowest BCUT2D eigenvalue weighted by molar-refractivity contribution is 0.395. The molecule has 0 aromatic heterocycles. The minimum Gasteiger partial charge on any atom is -0.496 e. The molecule has 0 heterocycles. The van der Waals surface area contributed by atoms with Crippen molar-refractivity contribution >= 4 is 17.4 Å². The summed E-state index contributed by atoms with van der Waals surface area (Å²) in [5, 5.41) is 11.7. The molecule has 17 heavy (non-hydrogen) atoms. The van der Waals surface area contributed by atoms with Gasteiger partial charge in [0.25, 0.3) is 0 Å². The Balaban J connectivity index is 2.98. The van der Waals surface area contributed by atoms with Crippen LogP contribution in [0.25, 0.3) is 0 Å². The highest BCUT2D eigenvalue weighted by atomic mass is 32.2. The number of hydrogen-bond donors (Lipinski definition) is 1. The third kappa shape index (κ3) is 3.46. The zero-order valence-corrected chi connectivity index (χ0v) is 11.1. The monoisotopic (exact) mass is 252 g/mol. The molecule has 1 rings (SSSR count). The van der Waals surface area contributed by atoms with Crippen LogP contribution < -0.4 is 14.8 Å². The Bertz CT molecular complexity index is 416. The van der Waals surface area contributed by atoms with E-state index in [2.05, 4.69) is 11.4 Å². The topological polar surface area (TPSA) is 54.3 Å². The van der Waals surface area contributed by atoms with Crippen LogP contribution in [0.2, 0.25) is 0 Å². The molecule has 4 nitrogen and oxygen atoms in total. The first-order chi connectivity index (χ1) is 8.26. The predicted octanol–water partition coefficient (Wildman–Crippen LogP) is 2.75. The van der Waals surface area contributed by atoms with E-state index in [1.807, 2.05) is 18.4 Å². The van der Waals surface area contributed by atoms with Crippen molar-refractivity contribution < 1.29 is 9.47 Å². The van der Waals surface area contributed by atoms with Gasteiger partial charge in [0.05, 0.1) is 37.3 Å². The van der Waals surface area contributed by atoms with Crippen LogP contribution in [0.5, 0.6) is 11.5 Å². The van der Waals surface area contributed by atoms with Crippen LogP contribution in [0.1, 0.15) is 6.42 Å². The largest absolute Gasteiger partial charge is 0.496 e. The highest BCUT2D eigenvalue weighted by Crippen LogP contribution is 2.37. The lowest BCUT2D eigenvalue weighted by Crippen LogP contribution is -2.03. The van der Waals surface area contributed by atoms with Crippen molar-refractivity contribution in [3.63, 3.8) is 0 Å². The van der Waals surface area contributed by atoms with Gasteiger partial charge in [-0.1, -0.05) is 0 Å². The zero-order valence-electron chi connectivity index (χ0n) is 10.2. The number of rotatable bonds is 6. The smallest absolute Gasteiger partial charge is 0.143 e.